The Kier molecular flexibility index (Phi) is 4.13. The average molecular weight is 240 g/mol. The molecular weight excluding hydrogens is 228 g/mol. The Bertz CT molecular complexity index is 417. The Balaban J connectivity index is 2.69. The molecule has 0 fully saturated rings. The molecule has 1 aromatic rings. The van der Waals surface area contributed by atoms with E-state index in [1.165, 1.54) is 24.3 Å². The fraction of sp³-hybridized carbons (Fsp3) is 0.300. The number of benzene rings is 1. The lowest BCUT2D eigenvalue weighted by atomic mass is 10.0. The number of aliphatic hydroxyl groups is 1. The summed E-state index contributed by atoms with van der Waals surface area (Å²) < 4.78 is 0. The Labute approximate surface area is 96.6 Å². The van der Waals surface area contributed by atoms with Gasteiger partial charge >= 0.3 is 5.97 Å². The number of nitrogens with two attached hydrogens (primary N) is 1. The number of carboxylic acids is 1. The third kappa shape index (κ3) is 3.51. The van der Waals surface area contributed by atoms with E-state index in [0.29, 0.717) is 5.56 Å². The van der Waals surface area contributed by atoms with Crippen molar-refractivity contribution in [2.24, 2.45) is 5.73 Å². The van der Waals surface area contributed by atoms with Gasteiger partial charge in [0, 0.05) is 18.2 Å². The second-order valence-electron chi connectivity index (χ2n) is 3.57. The predicted molar refractivity (Wildman–Crippen MR) is 58.4 cm³/mol. The first-order chi connectivity index (χ1) is 7.91. The molecule has 1 aromatic carbocycles. The first-order valence-electron chi connectivity index (χ1n) is 4.81. The zero-order valence-electron chi connectivity index (χ0n) is 8.81. The first-order valence-corrected chi connectivity index (χ1v) is 4.81. The summed E-state index contributed by atoms with van der Waals surface area (Å²) in [6.45, 7) is 0. The van der Waals surface area contributed by atoms with Crippen LogP contribution in [0, 0.1) is 10.1 Å². The molecule has 2 unspecified atom stereocenters. The van der Waals surface area contributed by atoms with Crippen molar-refractivity contribution >= 4 is 11.7 Å². The monoisotopic (exact) mass is 240 g/mol. The third-order valence-corrected chi connectivity index (χ3v) is 2.28. The summed E-state index contributed by atoms with van der Waals surface area (Å²) in [5.41, 5.74) is 6.06. The molecular formula is C10H12N2O5. The lowest BCUT2D eigenvalue weighted by Gasteiger charge is -2.14. The van der Waals surface area contributed by atoms with Crippen molar-refractivity contribution in [2.45, 2.75) is 18.6 Å². The second kappa shape index (κ2) is 5.37. The summed E-state index contributed by atoms with van der Waals surface area (Å²) in [5.74, 6) is -1.39. The van der Waals surface area contributed by atoms with Crippen molar-refractivity contribution in [3.8, 4) is 0 Å². The quantitative estimate of drug-likeness (QED) is 0.487. The van der Waals surface area contributed by atoms with E-state index in [-0.39, 0.29) is 12.1 Å². The van der Waals surface area contributed by atoms with E-state index in [1.807, 2.05) is 0 Å². The third-order valence-electron chi connectivity index (χ3n) is 2.28. The number of carboxylic acid groups (broad SMARTS) is 1. The predicted octanol–water partition coefficient (Wildman–Crippen LogP) is -0.0899. The number of hydrogen-bond donors (Lipinski definition) is 3. The lowest BCUT2D eigenvalue weighted by Crippen LogP contribution is -2.41. The standard InChI is InChI=1S/C10H12N2O5/c11-8(9(13)10(14)15)5-6-1-3-7(4-2-6)12(16)17/h1-4,8-9,13H,5,11H2,(H,14,15). The van der Waals surface area contributed by atoms with Gasteiger partial charge in [-0.15, -0.1) is 0 Å². The minimum Gasteiger partial charge on any atom is -0.479 e. The molecule has 7 nitrogen and oxygen atoms in total. The number of nitro groups is 1. The van der Waals surface area contributed by atoms with Crippen LogP contribution in [-0.2, 0) is 11.2 Å². The molecule has 0 amide bonds. The maximum absolute atomic E-state index is 10.5. The Morgan fingerprint density at radius 3 is 2.35 bits per heavy atom. The van der Waals surface area contributed by atoms with Crippen LogP contribution in [-0.4, -0.2) is 33.3 Å². The van der Waals surface area contributed by atoms with Gasteiger partial charge < -0.3 is 15.9 Å². The molecule has 7 heteroatoms. The number of nitrogens with zero attached hydrogens (tertiary/aromatic N) is 1. The van der Waals surface area contributed by atoms with Crippen LogP contribution in [0.15, 0.2) is 24.3 Å². The number of nitro benzene ring substituents is 1. The molecule has 0 aliphatic rings. The highest BCUT2D eigenvalue weighted by Crippen LogP contribution is 2.13. The van der Waals surface area contributed by atoms with Gasteiger partial charge in [-0.3, -0.25) is 10.1 Å². The van der Waals surface area contributed by atoms with Gasteiger partial charge in [-0.25, -0.2) is 4.79 Å². The highest BCUT2D eigenvalue weighted by Gasteiger charge is 2.22. The molecule has 0 radical (unpaired) electrons. The van der Waals surface area contributed by atoms with Crippen LogP contribution >= 0.6 is 0 Å². The summed E-state index contributed by atoms with van der Waals surface area (Å²) in [5, 5.41) is 28.1. The summed E-state index contributed by atoms with van der Waals surface area (Å²) >= 11 is 0. The van der Waals surface area contributed by atoms with Gasteiger partial charge in [0.1, 0.15) is 0 Å². The van der Waals surface area contributed by atoms with E-state index in [4.69, 9.17) is 15.9 Å². The van der Waals surface area contributed by atoms with Crippen molar-refractivity contribution in [1.82, 2.24) is 0 Å². The zero-order valence-corrected chi connectivity index (χ0v) is 8.81. The Morgan fingerprint density at radius 2 is 1.94 bits per heavy atom. The minimum absolute atomic E-state index is 0.0545. The lowest BCUT2D eigenvalue weighted by molar-refractivity contribution is -0.384. The fourth-order valence-electron chi connectivity index (χ4n) is 1.32. The number of carbonyl (C=O) groups is 1. The Morgan fingerprint density at radius 1 is 1.41 bits per heavy atom. The number of hydrogen-bond acceptors (Lipinski definition) is 5. The highest BCUT2D eigenvalue weighted by molar-refractivity contribution is 5.72. The van der Waals surface area contributed by atoms with Crippen LogP contribution in [0.25, 0.3) is 0 Å². The van der Waals surface area contributed by atoms with Crippen molar-refractivity contribution in [1.29, 1.82) is 0 Å². The van der Waals surface area contributed by atoms with Gasteiger partial charge in [0.2, 0.25) is 0 Å². The molecule has 0 saturated carbocycles. The van der Waals surface area contributed by atoms with Crippen LogP contribution in [0.2, 0.25) is 0 Å². The molecule has 0 aliphatic carbocycles. The van der Waals surface area contributed by atoms with Crippen LogP contribution in [0.5, 0.6) is 0 Å². The van der Waals surface area contributed by atoms with Crippen molar-refractivity contribution in [2.75, 3.05) is 0 Å². The SMILES string of the molecule is NC(Cc1ccc([N+](=O)[O-])cc1)C(O)C(=O)O. The van der Waals surface area contributed by atoms with E-state index >= 15 is 0 Å². The molecule has 0 saturated heterocycles. The van der Waals surface area contributed by atoms with E-state index in [0.717, 1.165) is 0 Å². The van der Waals surface area contributed by atoms with Crippen LogP contribution in [0.3, 0.4) is 0 Å². The zero-order chi connectivity index (χ0) is 13.0. The van der Waals surface area contributed by atoms with Crippen molar-refractivity contribution in [3.05, 3.63) is 39.9 Å². The van der Waals surface area contributed by atoms with E-state index < -0.39 is 23.0 Å². The topological polar surface area (TPSA) is 127 Å². The van der Waals surface area contributed by atoms with E-state index in [1.54, 1.807) is 0 Å². The van der Waals surface area contributed by atoms with E-state index in [9.17, 15) is 14.9 Å². The van der Waals surface area contributed by atoms with Crippen LogP contribution in [0.4, 0.5) is 5.69 Å². The molecule has 0 aromatic heterocycles. The smallest absolute Gasteiger partial charge is 0.334 e. The molecule has 0 spiro atoms. The minimum atomic E-state index is -1.65. The van der Waals surface area contributed by atoms with Gasteiger partial charge in [-0.2, -0.15) is 0 Å². The molecule has 2 atom stereocenters. The summed E-state index contributed by atoms with van der Waals surface area (Å²) in [6, 6.07) is 4.61. The largest absolute Gasteiger partial charge is 0.479 e. The summed E-state index contributed by atoms with van der Waals surface area (Å²) in [7, 11) is 0. The van der Waals surface area contributed by atoms with Gasteiger partial charge in [0.25, 0.3) is 5.69 Å². The maximum atomic E-state index is 10.5. The Hall–Kier alpha value is -1.99. The van der Waals surface area contributed by atoms with Gasteiger partial charge in [0.05, 0.1) is 4.92 Å². The van der Waals surface area contributed by atoms with Crippen molar-refractivity contribution < 1.29 is 19.9 Å². The average Bonchev–Trinajstić information content (AvgIpc) is 2.28. The van der Waals surface area contributed by atoms with Crippen LogP contribution < -0.4 is 5.73 Å². The van der Waals surface area contributed by atoms with Gasteiger partial charge in [-0.05, 0) is 12.0 Å². The summed E-state index contributed by atoms with van der Waals surface area (Å²) in [6.07, 6.45) is -1.52. The number of non-ortho nitro benzene ring substituents is 1. The van der Waals surface area contributed by atoms with Crippen LogP contribution in [0.1, 0.15) is 5.56 Å². The van der Waals surface area contributed by atoms with E-state index in [2.05, 4.69) is 0 Å². The molecule has 4 N–H and O–H groups in total. The molecule has 0 bridgehead atoms. The normalized spacial score (nSPS) is 14.0. The number of aliphatic hydroxyl groups excluding tert-OH is 1. The van der Waals surface area contributed by atoms with Gasteiger partial charge in [-0.1, -0.05) is 12.1 Å². The second-order valence-corrected chi connectivity index (χ2v) is 3.57. The number of rotatable bonds is 5. The maximum Gasteiger partial charge on any atom is 0.334 e. The molecule has 0 heterocycles. The molecule has 1 rings (SSSR count). The molecule has 17 heavy (non-hydrogen) atoms. The first kappa shape index (κ1) is 13.1. The number of aliphatic carboxylic acids is 1. The molecule has 0 aliphatic heterocycles. The highest BCUT2D eigenvalue weighted by atomic mass is 16.6. The fourth-order valence-corrected chi connectivity index (χ4v) is 1.32. The summed E-state index contributed by atoms with van der Waals surface area (Å²) in [4.78, 5) is 20.3. The van der Waals surface area contributed by atoms with Gasteiger partial charge in [0.15, 0.2) is 6.10 Å². The molecule has 92 valence electrons. The van der Waals surface area contributed by atoms with Crippen molar-refractivity contribution in [3.63, 3.8) is 0 Å².